The summed E-state index contributed by atoms with van der Waals surface area (Å²) >= 11 is 3.01. The number of thiazole rings is 1. The molecular formula is C40H51N11O8S2. The van der Waals surface area contributed by atoms with Crippen molar-refractivity contribution in [1.82, 2.24) is 30.2 Å². The summed E-state index contributed by atoms with van der Waals surface area (Å²) in [5.74, 6) is -1.24. The van der Waals surface area contributed by atoms with Crippen molar-refractivity contribution in [3.63, 3.8) is 0 Å². The molecule has 61 heavy (non-hydrogen) atoms. The smallest absolute Gasteiger partial charge is 0.275 e. The van der Waals surface area contributed by atoms with Crippen LogP contribution in [-0.2, 0) is 20.9 Å². The number of amides is 5. The number of quaternary nitrogens is 1. The number of aromatic nitrogens is 2. The third kappa shape index (κ3) is 13.4. The number of nitrogens with two attached hydrogens (primary N) is 2. The monoisotopic (exact) mass is 877 g/mol. The maximum absolute atomic E-state index is 13.0. The molecule has 0 bridgehead atoms. The van der Waals surface area contributed by atoms with Crippen LogP contribution >= 0.6 is 23.1 Å². The molecular weight excluding hydrogens is 827 g/mol. The highest BCUT2D eigenvalue weighted by Gasteiger charge is 2.19. The Morgan fingerprint density at radius 1 is 0.967 bits per heavy atom. The standard InChI is InChI=1S/C40H51N11O8S2/c1-25-49(16-18-60-25)23-31(42)38(55)46-27-6-9-33(58-2)26(20-27)22-51(57)15-5-14-45-37(54)30(41)8-11-35(52)43-12-4-13-44-36(53)29-21-28(7-10-34(29)59-3)47-39(56)32-24-50-17-19-61-40(50)48-32/h6-7,9-10,16-21,23-25,30,51H,4-5,8,11-15,22,41-42H2,1-3H3,(H,43,52)(H,44,53)(H,45,54)(H,46,55)(H,47,56)/b31-23-. The molecule has 0 spiro atoms. The molecule has 21 heteroatoms. The van der Waals surface area contributed by atoms with E-state index >= 15 is 0 Å². The summed E-state index contributed by atoms with van der Waals surface area (Å²) in [6.45, 7) is 2.96. The predicted molar refractivity (Wildman–Crippen MR) is 234 cm³/mol. The van der Waals surface area contributed by atoms with Gasteiger partial charge in [-0.1, -0.05) is 0 Å². The Morgan fingerprint density at radius 3 is 2.41 bits per heavy atom. The van der Waals surface area contributed by atoms with Gasteiger partial charge in [-0.15, -0.1) is 23.1 Å². The van der Waals surface area contributed by atoms with E-state index in [9.17, 15) is 29.2 Å². The topological polar surface area (TPSA) is 264 Å². The average molecular weight is 878 g/mol. The fraction of sp³-hybridized carbons (Fsp3) is 0.350. The van der Waals surface area contributed by atoms with Gasteiger partial charge in [0.25, 0.3) is 17.7 Å². The molecule has 1 aliphatic heterocycles. The lowest BCUT2D eigenvalue weighted by atomic mass is 10.1. The Bertz CT molecular complexity index is 2220. The van der Waals surface area contributed by atoms with E-state index in [1.54, 1.807) is 65.1 Å². The van der Waals surface area contributed by atoms with Crippen LogP contribution in [0.5, 0.6) is 11.5 Å². The Labute approximate surface area is 360 Å². The molecule has 4 aromatic rings. The second kappa shape index (κ2) is 22.5. The SMILES string of the molecule is COc1ccc(NC(=O)/C(N)=C/N2C=CSC2C)cc1C[NH+]([O-])CCCNC(=O)C(N)CCC(=O)NCCCNC(=O)c1cc(NC(=O)c2cn3ccsc3n2)ccc1OC. The number of carbonyl (C=O) groups excluding carboxylic acids is 5. The third-order valence-electron chi connectivity index (χ3n) is 9.34. The maximum Gasteiger partial charge on any atom is 0.275 e. The number of anilines is 2. The van der Waals surface area contributed by atoms with E-state index < -0.39 is 29.7 Å². The van der Waals surface area contributed by atoms with Crippen LogP contribution in [0, 0.1) is 5.21 Å². The zero-order chi connectivity index (χ0) is 43.9. The normalized spacial score (nSPS) is 14.6. The number of imidazole rings is 1. The molecule has 0 fully saturated rings. The van der Waals surface area contributed by atoms with Crippen molar-refractivity contribution in [2.75, 3.05) is 51.0 Å². The van der Waals surface area contributed by atoms with Gasteiger partial charge in [-0.2, -0.15) is 0 Å². The van der Waals surface area contributed by atoms with Gasteiger partial charge >= 0.3 is 0 Å². The lowest BCUT2D eigenvalue weighted by Gasteiger charge is -2.24. The van der Waals surface area contributed by atoms with Crippen molar-refractivity contribution in [1.29, 1.82) is 0 Å². The molecule has 326 valence electrons. The molecule has 2 aromatic heterocycles. The van der Waals surface area contributed by atoms with Gasteiger partial charge in [0.05, 0.1) is 43.3 Å². The second-order valence-electron chi connectivity index (χ2n) is 13.8. The summed E-state index contributed by atoms with van der Waals surface area (Å²) < 4.78 is 12.5. The van der Waals surface area contributed by atoms with Gasteiger partial charge in [-0.25, -0.2) is 4.98 Å². The zero-order valence-electron chi connectivity index (χ0n) is 34.0. The maximum atomic E-state index is 13.0. The van der Waals surface area contributed by atoms with E-state index in [0.29, 0.717) is 46.2 Å². The van der Waals surface area contributed by atoms with Gasteiger partial charge in [0, 0.05) is 74.0 Å². The summed E-state index contributed by atoms with van der Waals surface area (Å²) in [6.07, 6.45) is 7.76. The summed E-state index contributed by atoms with van der Waals surface area (Å²) in [5.41, 5.74) is 14.0. The minimum Gasteiger partial charge on any atom is -0.634 e. The highest BCUT2D eigenvalue weighted by Crippen LogP contribution is 2.26. The molecule has 0 aliphatic carbocycles. The zero-order valence-corrected chi connectivity index (χ0v) is 35.7. The van der Waals surface area contributed by atoms with E-state index in [2.05, 4.69) is 31.6 Å². The van der Waals surface area contributed by atoms with E-state index in [1.807, 2.05) is 28.8 Å². The molecule has 3 heterocycles. The number of hydrogen-bond donors (Lipinski definition) is 8. The number of fused-ring (bicyclic) bond motifs is 1. The van der Waals surface area contributed by atoms with Crippen LogP contribution in [0.15, 0.2) is 77.7 Å². The fourth-order valence-electron chi connectivity index (χ4n) is 6.02. The molecule has 3 atom stereocenters. The number of thioether (sulfide) groups is 1. The predicted octanol–water partition coefficient (Wildman–Crippen LogP) is 1.70. The summed E-state index contributed by atoms with van der Waals surface area (Å²) in [7, 11) is 2.93. The number of hydrogen-bond acceptors (Lipinski definition) is 14. The van der Waals surface area contributed by atoms with Crippen LogP contribution in [0.3, 0.4) is 0 Å². The van der Waals surface area contributed by atoms with Gasteiger partial charge in [0.15, 0.2) is 4.96 Å². The number of nitrogens with zero attached hydrogens (tertiary/aromatic N) is 3. The Kier molecular flexibility index (Phi) is 16.9. The number of benzene rings is 2. The number of nitrogens with one attached hydrogen (secondary N) is 6. The first-order chi connectivity index (χ1) is 29.3. The molecule has 0 saturated heterocycles. The van der Waals surface area contributed by atoms with Crippen LogP contribution < -0.4 is 52.6 Å². The van der Waals surface area contributed by atoms with E-state index in [0.717, 1.165) is 0 Å². The molecule has 19 nitrogen and oxygen atoms in total. The summed E-state index contributed by atoms with van der Waals surface area (Å²) in [5, 5.41) is 30.4. The molecule has 5 amide bonds. The molecule has 1 aliphatic rings. The van der Waals surface area contributed by atoms with Gasteiger partial charge in [0.2, 0.25) is 11.8 Å². The van der Waals surface area contributed by atoms with Crippen LogP contribution in [-0.4, -0.2) is 95.6 Å². The lowest BCUT2D eigenvalue weighted by molar-refractivity contribution is -0.862. The second-order valence-corrected chi connectivity index (χ2v) is 15.9. The molecule has 0 radical (unpaired) electrons. The third-order valence-corrected chi connectivity index (χ3v) is 11.0. The van der Waals surface area contributed by atoms with Crippen LogP contribution in [0.2, 0.25) is 0 Å². The first-order valence-electron chi connectivity index (χ1n) is 19.4. The van der Waals surface area contributed by atoms with Crippen molar-refractivity contribution in [2.45, 2.75) is 50.6 Å². The number of hydroxylamine groups is 2. The number of methoxy groups -OCH3 is 2. The largest absolute Gasteiger partial charge is 0.634 e. The Morgan fingerprint density at radius 2 is 1.69 bits per heavy atom. The Balaban J connectivity index is 0.946. The molecule has 0 saturated carbocycles. The van der Waals surface area contributed by atoms with Crippen molar-refractivity contribution >= 4 is 69.0 Å². The summed E-state index contributed by atoms with van der Waals surface area (Å²) in [4.78, 5) is 70.2. The minimum atomic E-state index is -0.923. The minimum absolute atomic E-state index is 0.0185. The van der Waals surface area contributed by atoms with Crippen molar-refractivity contribution in [3.8, 4) is 11.5 Å². The van der Waals surface area contributed by atoms with Gasteiger partial charge in [-0.05, 0) is 61.6 Å². The van der Waals surface area contributed by atoms with Gasteiger partial charge < -0.3 is 62.7 Å². The Hall–Kier alpha value is -6.13. The fourth-order valence-corrected chi connectivity index (χ4v) is 7.43. The van der Waals surface area contributed by atoms with E-state index in [4.69, 9.17) is 20.9 Å². The van der Waals surface area contributed by atoms with E-state index in [-0.39, 0.29) is 78.9 Å². The molecule has 5 rings (SSSR count). The number of ether oxygens (including phenoxy) is 2. The van der Waals surface area contributed by atoms with Crippen molar-refractivity contribution in [3.05, 3.63) is 99.7 Å². The highest BCUT2D eigenvalue weighted by molar-refractivity contribution is 8.02. The molecule has 2 aromatic carbocycles. The number of rotatable bonds is 22. The van der Waals surface area contributed by atoms with Gasteiger partial charge in [0.1, 0.15) is 29.4 Å². The van der Waals surface area contributed by atoms with Crippen LogP contribution in [0.25, 0.3) is 4.96 Å². The van der Waals surface area contributed by atoms with Crippen molar-refractivity contribution < 1.29 is 38.5 Å². The van der Waals surface area contributed by atoms with Crippen molar-refractivity contribution in [2.24, 2.45) is 11.5 Å². The molecule has 10 N–H and O–H groups in total. The molecule has 3 unspecified atom stereocenters. The quantitative estimate of drug-likeness (QED) is 0.0318. The lowest BCUT2D eigenvalue weighted by Crippen LogP contribution is -3.05. The first kappa shape index (κ1) is 45.9. The highest BCUT2D eigenvalue weighted by atomic mass is 32.2. The van der Waals surface area contributed by atoms with E-state index in [1.165, 1.54) is 31.6 Å². The average Bonchev–Trinajstić information content (AvgIpc) is 3.98. The van der Waals surface area contributed by atoms with Crippen LogP contribution in [0.4, 0.5) is 11.4 Å². The summed E-state index contributed by atoms with van der Waals surface area (Å²) in [6, 6.07) is 8.79. The van der Waals surface area contributed by atoms with Crippen LogP contribution in [0.1, 0.15) is 59.0 Å². The first-order valence-corrected chi connectivity index (χ1v) is 21.2. The number of carbonyl (C=O) groups is 5. The van der Waals surface area contributed by atoms with Gasteiger partial charge in [-0.3, -0.25) is 28.4 Å².